The second-order valence-electron chi connectivity index (χ2n) is 7.50. The smallest absolute Gasteiger partial charge is 0.251 e. The fraction of sp³-hybridized carbons (Fsp3) is 0.200. The summed E-state index contributed by atoms with van der Waals surface area (Å²) in [4.78, 5) is 26.8. The summed E-state index contributed by atoms with van der Waals surface area (Å²) < 4.78 is 24.0. The van der Waals surface area contributed by atoms with E-state index in [1.807, 2.05) is 12.1 Å². The second-order valence-corrected chi connectivity index (χ2v) is 7.50. The Hall–Kier alpha value is -3.87. The molecule has 0 aliphatic carbocycles. The van der Waals surface area contributed by atoms with Gasteiger partial charge in [0.05, 0.1) is 27.2 Å². The van der Waals surface area contributed by atoms with Crippen LogP contribution < -0.4 is 19.7 Å². The maximum absolute atomic E-state index is 13.5. The minimum atomic E-state index is -0.337. The van der Waals surface area contributed by atoms with Gasteiger partial charge in [-0.1, -0.05) is 18.2 Å². The summed E-state index contributed by atoms with van der Waals surface area (Å²) in [5.41, 5.74) is 3.59. The van der Waals surface area contributed by atoms with Gasteiger partial charge in [0.15, 0.2) is 11.5 Å². The van der Waals surface area contributed by atoms with E-state index < -0.39 is 0 Å². The molecule has 0 atom stereocenters. The minimum Gasteiger partial charge on any atom is -0.493 e. The molecule has 7 heteroatoms. The van der Waals surface area contributed by atoms with Crippen LogP contribution in [0.1, 0.15) is 27.0 Å². The van der Waals surface area contributed by atoms with E-state index in [1.165, 1.54) is 12.1 Å². The number of hydrogen-bond donors (Lipinski definition) is 1. The number of rotatable bonds is 7. The highest BCUT2D eigenvalue weighted by molar-refractivity contribution is 6.03. The van der Waals surface area contributed by atoms with E-state index in [9.17, 15) is 14.0 Å². The molecule has 0 radical (unpaired) electrons. The van der Waals surface area contributed by atoms with Gasteiger partial charge < -0.3 is 19.7 Å². The molecule has 3 aromatic rings. The fourth-order valence-electron chi connectivity index (χ4n) is 3.79. The molecule has 0 aromatic heterocycles. The number of ether oxygens (including phenoxy) is 2. The molecular formula is C25H23FN2O4. The highest BCUT2D eigenvalue weighted by atomic mass is 19.1. The van der Waals surface area contributed by atoms with Crippen molar-refractivity contribution in [1.82, 2.24) is 5.32 Å². The van der Waals surface area contributed by atoms with E-state index in [-0.39, 0.29) is 30.6 Å². The van der Waals surface area contributed by atoms with Crippen LogP contribution in [0.4, 0.5) is 10.1 Å². The first-order valence-corrected chi connectivity index (χ1v) is 10.2. The number of methoxy groups -OCH3 is 2. The Bertz CT molecular complexity index is 1180. The lowest BCUT2D eigenvalue weighted by Gasteiger charge is -2.18. The molecule has 0 fully saturated rings. The molecule has 1 heterocycles. The summed E-state index contributed by atoms with van der Waals surface area (Å²) in [6.07, 6.45) is 0.210. The molecule has 0 saturated carbocycles. The lowest BCUT2D eigenvalue weighted by atomic mass is 10.1. The quantitative estimate of drug-likeness (QED) is 0.613. The van der Waals surface area contributed by atoms with Gasteiger partial charge in [0.1, 0.15) is 5.82 Å². The largest absolute Gasteiger partial charge is 0.493 e. The molecule has 0 unspecified atom stereocenters. The minimum absolute atomic E-state index is 0.0767. The van der Waals surface area contributed by atoms with Crippen molar-refractivity contribution in [1.29, 1.82) is 0 Å². The number of nitrogens with zero attached hydrogens (tertiary/aromatic N) is 1. The van der Waals surface area contributed by atoms with Crippen LogP contribution in [0.25, 0.3) is 0 Å². The standard InChI is InChI=1S/C25H23FN2O4/c1-31-22-9-6-16(11-23(22)32-2)14-27-25(30)18-7-8-21-19(12-18)13-24(29)28(21)15-17-4-3-5-20(26)10-17/h3-12H,13-15H2,1-2H3,(H,27,30). The molecule has 2 amide bonds. The van der Waals surface area contributed by atoms with Crippen molar-refractivity contribution in [2.45, 2.75) is 19.5 Å². The Balaban J connectivity index is 1.45. The van der Waals surface area contributed by atoms with Gasteiger partial charge in [-0.2, -0.15) is 0 Å². The predicted molar refractivity (Wildman–Crippen MR) is 118 cm³/mol. The van der Waals surface area contributed by atoms with Gasteiger partial charge in [-0.25, -0.2) is 4.39 Å². The lowest BCUT2D eigenvalue weighted by molar-refractivity contribution is -0.117. The predicted octanol–water partition coefficient (Wildman–Crippen LogP) is 3.86. The van der Waals surface area contributed by atoms with Gasteiger partial charge in [-0.15, -0.1) is 0 Å². The van der Waals surface area contributed by atoms with Crippen LogP contribution in [0.5, 0.6) is 11.5 Å². The average molecular weight is 434 g/mol. The van der Waals surface area contributed by atoms with Crippen LogP contribution in [0, 0.1) is 5.82 Å². The van der Waals surface area contributed by atoms with Gasteiger partial charge in [-0.3, -0.25) is 9.59 Å². The Morgan fingerprint density at radius 3 is 2.56 bits per heavy atom. The Kier molecular flexibility index (Phi) is 6.07. The van der Waals surface area contributed by atoms with Gasteiger partial charge in [0, 0.05) is 17.8 Å². The van der Waals surface area contributed by atoms with Gasteiger partial charge >= 0.3 is 0 Å². The van der Waals surface area contributed by atoms with Crippen molar-refractivity contribution in [3.63, 3.8) is 0 Å². The van der Waals surface area contributed by atoms with E-state index in [0.29, 0.717) is 29.2 Å². The SMILES string of the molecule is COc1ccc(CNC(=O)c2ccc3c(c2)CC(=O)N3Cc2cccc(F)c2)cc1OC. The zero-order valence-electron chi connectivity index (χ0n) is 17.9. The fourth-order valence-corrected chi connectivity index (χ4v) is 3.79. The normalized spacial score (nSPS) is 12.5. The number of hydrogen-bond acceptors (Lipinski definition) is 4. The molecule has 0 bridgehead atoms. The summed E-state index contributed by atoms with van der Waals surface area (Å²) in [5, 5.41) is 2.89. The van der Waals surface area contributed by atoms with E-state index in [1.54, 1.807) is 55.5 Å². The molecule has 0 saturated heterocycles. The second kappa shape index (κ2) is 9.09. The van der Waals surface area contributed by atoms with Gasteiger partial charge in [0.25, 0.3) is 5.91 Å². The number of nitrogens with one attached hydrogen (secondary N) is 1. The zero-order chi connectivity index (χ0) is 22.7. The summed E-state index contributed by atoms with van der Waals surface area (Å²) in [5.74, 6) is 0.559. The molecule has 0 spiro atoms. The van der Waals surface area contributed by atoms with Gasteiger partial charge in [-0.05, 0) is 59.2 Å². The van der Waals surface area contributed by atoms with E-state index in [2.05, 4.69) is 5.32 Å². The molecule has 32 heavy (non-hydrogen) atoms. The van der Waals surface area contributed by atoms with Crippen molar-refractivity contribution in [3.8, 4) is 11.5 Å². The van der Waals surface area contributed by atoms with Crippen LogP contribution in [0.2, 0.25) is 0 Å². The van der Waals surface area contributed by atoms with Crippen LogP contribution >= 0.6 is 0 Å². The number of amides is 2. The number of anilines is 1. The first-order chi connectivity index (χ1) is 15.5. The van der Waals surface area contributed by atoms with Crippen molar-refractivity contribution in [2.24, 2.45) is 0 Å². The van der Waals surface area contributed by atoms with Crippen LogP contribution in [-0.4, -0.2) is 26.0 Å². The number of fused-ring (bicyclic) bond motifs is 1. The van der Waals surface area contributed by atoms with Gasteiger partial charge in [0.2, 0.25) is 5.91 Å². The van der Waals surface area contributed by atoms with E-state index in [0.717, 1.165) is 16.8 Å². The first-order valence-electron chi connectivity index (χ1n) is 10.2. The lowest BCUT2D eigenvalue weighted by Crippen LogP contribution is -2.26. The molecule has 1 N–H and O–H groups in total. The number of carbonyl (C=O) groups is 2. The third kappa shape index (κ3) is 4.42. The summed E-state index contributed by atoms with van der Waals surface area (Å²) >= 11 is 0. The average Bonchev–Trinajstić information content (AvgIpc) is 3.11. The summed E-state index contributed by atoms with van der Waals surface area (Å²) in [6.45, 7) is 0.606. The Morgan fingerprint density at radius 1 is 1.00 bits per heavy atom. The Labute approximate surface area is 185 Å². The first kappa shape index (κ1) is 21.4. The summed E-state index contributed by atoms with van der Waals surface area (Å²) in [7, 11) is 3.13. The molecular weight excluding hydrogens is 411 g/mol. The van der Waals surface area contributed by atoms with Crippen molar-refractivity contribution >= 4 is 17.5 Å². The molecule has 1 aliphatic heterocycles. The Morgan fingerprint density at radius 2 is 1.81 bits per heavy atom. The maximum Gasteiger partial charge on any atom is 0.251 e. The molecule has 3 aromatic carbocycles. The van der Waals surface area contributed by atoms with E-state index >= 15 is 0 Å². The number of halogens is 1. The van der Waals surface area contributed by atoms with Crippen molar-refractivity contribution < 1.29 is 23.5 Å². The van der Waals surface area contributed by atoms with Crippen molar-refractivity contribution in [3.05, 3.63) is 88.7 Å². The third-order valence-corrected chi connectivity index (χ3v) is 5.41. The van der Waals surface area contributed by atoms with Crippen LogP contribution in [-0.2, 0) is 24.3 Å². The highest BCUT2D eigenvalue weighted by Crippen LogP contribution is 2.31. The third-order valence-electron chi connectivity index (χ3n) is 5.41. The topological polar surface area (TPSA) is 67.9 Å². The number of carbonyl (C=O) groups excluding carboxylic acids is 2. The zero-order valence-corrected chi connectivity index (χ0v) is 17.9. The van der Waals surface area contributed by atoms with E-state index in [4.69, 9.17) is 9.47 Å². The molecule has 164 valence electrons. The highest BCUT2D eigenvalue weighted by Gasteiger charge is 2.28. The van der Waals surface area contributed by atoms with Crippen LogP contribution in [0.3, 0.4) is 0 Å². The number of benzene rings is 3. The summed E-state index contributed by atoms with van der Waals surface area (Å²) in [6, 6.07) is 16.8. The molecule has 4 rings (SSSR count). The maximum atomic E-state index is 13.5. The molecule has 6 nitrogen and oxygen atoms in total. The van der Waals surface area contributed by atoms with Crippen LogP contribution in [0.15, 0.2) is 60.7 Å². The monoisotopic (exact) mass is 434 g/mol. The molecule has 1 aliphatic rings. The van der Waals surface area contributed by atoms with Crippen molar-refractivity contribution in [2.75, 3.05) is 19.1 Å².